The lowest BCUT2D eigenvalue weighted by molar-refractivity contribution is -0.121. The summed E-state index contributed by atoms with van der Waals surface area (Å²) < 4.78 is 0. The van der Waals surface area contributed by atoms with Crippen LogP contribution in [-0.2, 0) is 11.3 Å². The van der Waals surface area contributed by atoms with Crippen molar-refractivity contribution in [3.63, 3.8) is 0 Å². The fraction of sp³-hybridized carbons (Fsp3) is 0.417. The van der Waals surface area contributed by atoms with Crippen LogP contribution in [0.5, 0.6) is 0 Å². The van der Waals surface area contributed by atoms with Crippen molar-refractivity contribution in [3.8, 4) is 0 Å². The van der Waals surface area contributed by atoms with Crippen molar-refractivity contribution in [2.75, 3.05) is 0 Å². The van der Waals surface area contributed by atoms with Crippen molar-refractivity contribution >= 4 is 29.1 Å². The molecule has 0 radical (unpaired) electrons. The number of carbonyl (C=O) groups excluding carboxylic acids is 1. The Morgan fingerprint density at radius 3 is 2.81 bits per heavy atom. The van der Waals surface area contributed by atoms with Crippen LogP contribution in [0.25, 0.3) is 0 Å². The van der Waals surface area contributed by atoms with Crippen molar-refractivity contribution in [1.29, 1.82) is 0 Å². The van der Waals surface area contributed by atoms with E-state index in [0.29, 0.717) is 23.0 Å². The second kappa shape index (κ2) is 6.77. The van der Waals surface area contributed by atoms with E-state index in [2.05, 4.69) is 12.2 Å². The van der Waals surface area contributed by atoms with Gasteiger partial charge >= 0.3 is 0 Å². The summed E-state index contributed by atoms with van der Waals surface area (Å²) in [7, 11) is 0. The molecule has 0 aliphatic carbocycles. The molecule has 0 bridgehead atoms. The molecule has 16 heavy (non-hydrogen) atoms. The first kappa shape index (κ1) is 13.3. The highest BCUT2D eigenvalue weighted by Crippen LogP contribution is 2.25. The molecule has 0 fully saturated rings. The standard InChI is InChI=1S/C12H15Cl2NO/c1-2-3-7-11(16)15-8-9-5-4-6-10(13)12(9)14/h4-6H,2-3,7-8H2,1H3,(H,15,16). The predicted molar refractivity (Wildman–Crippen MR) is 67.8 cm³/mol. The molecule has 88 valence electrons. The largest absolute Gasteiger partial charge is 0.352 e. The van der Waals surface area contributed by atoms with E-state index in [-0.39, 0.29) is 5.91 Å². The van der Waals surface area contributed by atoms with E-state index < -0.39 is 0 Å². The maximum absolute atomic E-state index is 11.4. The molecule has 2 nitrogen and oxygen atoms in total. The van der Waals surface area contributed by atoms with Gasteiger partial charge in [-0.2, -0.15) is 0 Å². The van der Waals surface area contributed by atoms with Gasteiger partial charge in [-0.25, -0.2) is 0 Å². The quantitative estimate of drug-likeness (QED) is 0.857. The zero-order valence-corrected chi connectivity index (χ0v) is 10.7. The van der Waals surface area contributed by atoms with Gasteiger partial charge in [0.2, 0.25) is 5.91 Å². The molecule has 4 heteroatoms. The smallest absolute Gasteiger partial charge is 0.220 e. The first-order valence-electron chi connectivity index (χ1n) is 5.34. The summed E-state index contributed by atoms with van der Waals surface area (Å²) in [6.45, 7) is 2.49. The molecular formula is C12H15Cl2NO. The number of amides is 1. The molecule has 0 heterocycles. The van der Waals surface area contributed by atoms with Gasteiger partial charge in [-0.3, -0.25) is 4.79 Å². The Kier molecular flexibility index (Phi) is 5.64. The first-order valence-corrected chi connectivity index (χ1v) is 6.10. The number of hydrogen-bond donors (Lipinski definition) is 1. The number of benzene rings is 1. The highest BCUT2D eigenvalue weighted by molar-refractivity contribution is 6.42. The van der Waals surface area contributed by atoms with Gasteiger partial charge in [0.15, 0.2) is 0 Å². The summed E-state index contributed by atoms with van der Waals surface area (Å²) in [4.78, 5) is 11.4. The van der Waals surface area contributed by atoms with E-state index in [1.165, 1.54) is 0 Å². The van der Waals surface area contributed by atoms with E-state index in [0.717, 1.165) is 18.4 Å². The summed E-state index contributed by atoms with van der Waals surface area (Å²) in [6, 6.07) is 5.41. The van der Waals surface area contributed by atoms with Gasteiger partial charge in [0, 0.05) is 13.0 Å². The molecule has 1 aromatic rings. The van der Waals surface area contributed by atoms with Crippen LogP contribution in [0.4, 0.5) is 0 Å². The minimum absolute atomic E-state index is 0.0536. The Morgan fingerprint density at radius 1 is 1.38 bits per heavy atom. The van der Waals surface area contributed by atoms with Crippen LogP contribution < -0.4 is 5.32 Å². The Bertz CT molecular complexity index is 366. The molecule has 1 N–H and O–H groups in total. The number of rotatable bonds is 5. The second-order valence-electron chi connectivity index (χ2n) is 3.59. The van der Waals surface area contributed by atoms with E-state index in [1.807, 2.05) is 12.1 Å². The Hall–Kier alpha value is -0.730. The van der Waals surface area contributed by atoms with Crippen LogP contribution in [0, 0.1) is 0 Å². The number of halogens is 2. The summed E-state index contributed by atoms with van der Waals surface area (Å²) in [6.07, 6.45) is 2.50. The highest BCUT2D eigenvalue weighted by Gasteiger charge is 2.05. The lowest BCUT2D eigenvalue weighted by Crippen LogP contribution is -2.22. The molecule has 0 saturated carbocycles. The van der Waals surface area contributed by atoms with Gasteiger partial charge in [0.05, 0.1) is 10.0 Å². The van der Waals surface area contributed by atoms with E-state index in [1.54, 1.807) is 6.07 Å². The van der Waals surface area contributed by atoms with Crippen LogP contribution in [0.2, 0.25) is 10.0 Å². The summed E-state index contributed by atoms with van der Waals surface area (Å²) in [5.74, 6) is 0.0536. The van der Waals surface area contributed by atoms with Crippen LogP contribution >= 0.6 is 23.2 Å². The third-order valence-corrected chi connectivity index (χ3v) is 3.12. The topological polar surface area (TPSA) is 29.1 Å². The van der Waals surface area contributed by atoms with Crippen molar-refractivity contribution in [2.45, 2.75) is 32.7 Å². The molecule has 1 rings (SSSR count). The number of unbranched alkanes of at least 4 members (excludes halogenated alkanes) is 1. The molecule has 0 aliphatic rings. The third kappa shape index (κ3) is 4.03. The van der Waals surface area contributed by atoms with Gasteiger partial charge < -0.3 is 5.32 Å². The van der Waals surface area contributed by atoms with Crippen LogP contribution in [0.1, 0.15) is 31.7 Å². The minimum atomic E-state index is 0.0536. The van der Waals surface area contributed by atoms with Gasteiger partial charge in [-0.05, 0) is 18.1 Å². The fourth-order valence-electron chi connectivity index (χ4n) is 1.30. The van der Waals surface area contributed by atoms with Crippen molar-refractivity contribution in [2.24, 2.45) is 0 Å². The van der Waals surface area contributed by atoms with Gasteiger partial charge in [-0.1, -0.05) is 48.7 Å². The Labute approximate surface area is 106 Å². The number of nitrogens with one attached hydrogen (secondary N) is 1. The molecule has 1 aromatic carbocycles. The molecule has 0 aliphatic heterocycles. The second-order valence-corrected chi connectivity index (χ2v) is 4.38. The molecule has 0 atom stereocenters. The lowest BCUT2D eigenvalue weighted by Gasteiger charge is -2.07. The molecular weight excluding hydrogens is 245 g/mol. The average molecular weight is 260 g/mol. The van der Waals surface area contributed by atoms with Gasteiger partial charge in [-0.15, -0.1) is 0 Å². The summed E-state index contributed by atoms with van der Waals surface area (Å²) >= 11 is 11.9. The predicted octanol–water partition coefficient (Wildman–Crippen LogP) is 3.80. The van der Waals surface area contributed by atoms with Crippen LogP contribution in [0.15, 0.2) is 18.2 Å². The Balaban J connectivity index is 2.48. The van der Waals surface area contributed by atoms with Gasteiger partial charge in [0.1, 0.15) is 0 Å². The zero-order chi connectivity index (χ0) is 12.0. The van der Waals surface area contributed by atoms with Gasteiger partial charge in [0.25, 0.3) is 0 Å². The van der Waals surface area contributed by atoms with Crippen molar-refractivity contribution in [3.05, 3.63) is 33.8 Å². The van der Waals surface area contributed by atoms with E-state index >= 15 is 0 Å². The molecule has 0 unspecified atom stereocenters. The average Bonchev–Trinajstić information content (AvgIpc) is 2.28. The number of hydrogen-bond acceptors (Lipinski definition) is 1. The first-order chi connectivity index (χ1) is 7.65. The zero-order valence-electron chi connectivity index (χ0n) is 9.22. The molecule has 0 aromatic heterocycles. The summed E-state index contributed by atoms with van der Waals surface area (Å²) in [5, 5.41) is 3.85. The SMILES string of the molecule is CCCCC(=O)NCc1cccc(Cl)c1Cl. The monoisotopic (exact) mass is 259 g/mol. The lowest BCUT2D eigenvalue weighted by atomic mass is 10.2. The molecule has 0 spiro atoms. The van der Waals surface area contributed by atoms with Crippen LogP contribution in [0.3, 0.4) is 0 Å². The van der Waals surface area contributed by atoms with Crippen molar-refractivity contribution < 1.29 is 4.79 Å². The normalized spacial score (nSPS) is 10.2. The Morgan fingerprint density at radius 2 is 2.12 bits per heavy atom. The number of carbonyl (C=O) groups is 1. The van der Waals surface area contributed by atoms with E-state index in [4.69, 9.17) is 23.2 Å². The molecule has 1 amide bonds. The highest BCUT2D eigenvalue weighted by atomic mass is 35.5. The van der Waals surface area contributed by atoms with Crippen LogP contribution in [-0.4, -0.2) is 5.91 Å². The van der Waals surface area contributed by atoms with E-state index in [9.17, 15) is 4.79 Å². The maximum Gasteiger partial charge on any atom is 0.220 e. The maximum atomic E-state index is 11.4. The fourth-order valence-corrected chi connectivity index (χ4v) is 1.69. The summed E-state index contributed by atoms with van der Waals surface area (Å²) in [5.41, 5.74) is 0.846. The third-order valence-electron chi connectivity index (χ3n) is 2.26. The minimum Gasteiger partial charge on any atom is -0.352 e. The van der Waals surface area contributed by atoms with Crippen molar-refractivity contribution in [1.82, 2.24) is 5.32 Å². The molecule has 0 saturated heterocycles.